The highest BCUT2D eigenvalue weighted by Gasteiger charge is 2.27. The Labute approximate surface area is 166 Å². The summed E-state index contributed by atoms with van der Waals surface area (Å²) >= 11 is 0. The van der Waals surface area contributed by atoms with Gasteiger partial charge in [0.15, 0.2) is 0 Å². The molecule has 0 atom stereocenters. The van der Waals surface area contributed by atoms with Crippen LogP contribution in [0.2, 0.25) is 0 Å². The molecule has 3 rings (SSSR count). The van der Waals surface area contributed by atoms with Gasteiger partial charge in [0.25, 0.3) is 0 Å². The summed E-state index contributed by atoms with van der Waals surface area (Å²) < 4.78 is 0. The van der Waals surface area contributed by atoms with E-state index in [-0.39, 0.29) is 0 Å². The lowest BCUT2D eigenvalue weighted by molar-refractivity contribution is 0.209. The number of hydrogen-bond acceptors (Lipinski definition) is 1. The lowest BCUT2D eigenvalue weighted by Crippen LogP contribution is -2.21. The maximum absolute atomic E-state index is 6.10. The van der Waals surface area contributed by atoms with E-state index >= 15 is 0 Å². The molecule has 1 saturated carbocycles. The first-order valence-corrected chi connectivity index (χ1v) is 11.1. The topological polar surface area (TPSA) is 26.0 Å². The molecule has 1 aliphatic rings. The van der Waals surface area contributed by atoms with Crippen LogP contribution in [0.25, 0.3) is 0 Å². The number of rotatable bonds is 8. The van der Waals surface area contributed by atoms with E-state index in [9.17, 15) is 0 Å². The lowest BCUT2D eigenvalue weighted by atomic mass is 9.71. The van der Waals surface area contributed by atoms with Crippen LogP contribution in [0.15, 0.2) is 48.5 Å². The predicted molar refractivity (Wildman–Crippen MR) is 118 cm³/mol. The van der Waals surface area contributed by atoms with Crippen LogP contribution in [-0.4, -0.2) is 0 Å². The second kappa shape index (κ2) is 9.97. The summed E-state index contributed by atoms with van der Waals surface area (Å²) in [7, 11) is 0. The molecule has 2 aromatic carbocycles. The SMILES string of the molecule is CCCC(CCC)C1CCC(c2ccc(Cc3ccccc3N)cc2)CC1. The second-order valence-corrected chi connectivity index (χ2v) is 8.57. The van der Waals surface area contributed by atoms with E-state index in [2.05, 4.69) is 50.2 Å². The zero-order chi connectivity index (χ0) is 19.1. The highest BCUT2D eigenvalue weighted by Crippen LogP contribution is 2.41. The molecule has 0 saturated heterocycles. The van der Waals surface area contributed by atoms with E-state index in [1.54, 1.807) is 5.56 Å². The van der Waals surface area contributed by atoms with Gasteiger partial charge in [-0.3, -0.25) is 0 Å². The molecule has 2 aromatic rings. The minimum absolute atomic E-state index is 0.765. The molecule has 1 fully saturated rings. The van der Waals surface area contributed by atoms with E-state index < -0.39 is 0 Å². The van der Waals surface area contributed by atoms with Crippen LogP contribution in [0.3, 0.4) is 0 Å². The normalized spacial score (nSPS) is 20.1. The number of para-hydroxylation sites is 1. The molecule has 1 heteroatoms. The van der Waals surface area contributed by atoms with Gasteiger partial charge >= 0.3 is 0 Å². The number of nitrogens with two attached hydrogens (primary N) is 1. The monoisotopic (exact) mass is 363 g/mol. The molecule has 0 spiro atoms. The van der Waals surface area contributed by atoms with Crippen LogP contribution in [-0.2, 0) is 6.42 Å². The Morgan fingerprint density at radius 2 is 1.48 bits per heavy atom. The lowest BCUT2D eigenvalue weighted by Gasteiger charge is -2.34. The molecule has 0 aliphatic heterocycles. The maximum atomic E-state index is 6.10. The summed E-state index contributed by atoms with van der Waals surface area (Å²) in [6, 6.07) is 17.6. The number of anilines is 1. The van der Waals surface area contributed by atoms with Gasteiger partial charge in [-0.2, -0.15) is 0 Å². The number of hydrogen-bond donors (Lipinski definition) is 1. The van der Waals surface area contributed by atoms with Gasteiger partial charge in [-0.05, 0) is 72.6 Å². The van der Waals surface area contributed by atoms with Crippen molar-refractivity contribution in [3.8, 4) is 0 Å². The highest BCUT2D eigenvalue weighted by atomic mass is 14.6. The Kier molecular flexibility index (Phi) is 7.38. The minimum atomic E-state index is 0.765. The predicted octanol–water partition coefficient (Wildman–Crippen LogP) is 7.35. The van der Waals surface area contributed by atoms with E-state index in [1.165, 1.54) is 62.5 Å². The van der Waals surface area contributed by atoms with Crippen molar-refractivity contribution in [2.45, 2.75) is 77.6 Å². The van der Waals surface area contributed by atoms with Gasteiger partial charge in [-0.15, -0.1) is 0 Å². The summed E-state index contributed by atoms with van der Waals surface area (Å²) in [5.41, 5.74) is 11.1. The zero-order valence-electron chi connectivity index (χ0n) is 17.3. The summed E-state index contributed by atoms with van der Waals surface area (Å²) in [5, 5.41) is 0. The Bertz CT molecular complexity index is 674. The third kappa shape index (κ3) is 5.37. The molecule has 146 valence electrons. The molecule has 0 radical (unpaired) electrons. The van der Waals surface area contributed by atoms with Gasteiger partial charge in [-0.1, -0.05) is 82.0 Å². The van der Waals surface area contributed by atoms with E-state index in [1.807, 2.05) is 12.1 Å². The summed E-state index contributed by atoms with van der Waals surface area (Å²) in [5.74, 6) is 2.71. The average molecular weight is 364 g/mol. The van der Waals surface area contributed by atoms with Crippen molar-refractivity contribution in [3.63, 3.8) is 0 Å². The van der Waals surface area contributed by atoms with Gasteiger partial charge in [0.1, 0.15) is 0 Å². The maximum Gasteiger partial charge on any atom is 0.0349 e. The smallest absolute Gasteiger partial charge is 0.0349 e. The Morgan fingerprint density at radius 3 is 2.07 bits per heavy atom. The first-order valence-electron chi connectivity index (χ1n) is 11.1. The van der Waals surface area contributed by atoms with Gasteiger partial charge in [0.2, 0.25) is 0 Å². The zero-order valence-corrected chi connectivity index (χ0v) is 17.3. The molecule has 0 bridgehead atoms. The van der Waals surface area contributed by atoms with Crippen LogP contribution < -0.4 is 5.73 Å². The minimum Gasteiger partial charge on any atom is -0.398 e. The Balaban J connectivity index is 1.56. The van der Waals surface area contributed by atoms with E-state index in [0.29, 0.717) is 0 Å². The third-order valence-electron chi connectivity index (χ3n) is 6.66. The molecule has 1 nitrogen and oxygen atoms in total. The molecule has 2 N–H and O–H groups in total. The van der Waals surface area contributed by atoms with Crippen LogP contribution in [0.4, 0.5) is 5.69 Å². The van der Waals surface area contributed by atoms with Crippen molar-refractivity contribution >= 4 is 5.69 Å². The van der Waals surface area contributed by atoms with Crippen molar-refractivity contribution < 1.29 is 0 Å². The molecule has 1 aliphatic carbocycles. The van der Waals surface area contributed by atoms with E-state index in [4.69, 9.17) is 5.73 Å². The van der Waals surface area contributed by atoms with Crippen molar-refractivity contribution in [2.24, 2.45) is 11.8 Å². The van der Waals surface area contributed by atoms with Gasteiger partial charge < -0.3 is 5.73 Å². The fourth-order valence-corrected chi connectivity index (χ4v) is 5.10. The highest BCUT2D eigenvalue weighted by molar-refractivity contribution is 5.48. The van der Waals surface area contributed by atoms with E-state index in [0.717, 1.165) is 29.9 Å². The van der Waals surface area contributed by atoms with Crippen molar-refractivity contribution in [1.29, 1.82) is 0 Å². The second-order valence-electron chi connectivity index (χ2n) is 8.57. The molecule has 0 aromatic heterocycles. The van der Waals surface area contributed by atoms with Crippen LogP contribution in [0.5, 0.6) is 0 Å². The first kappa shape index (κ1) is 20.0. The molecule has 0 unspecified atom stereocenters. The standard InChI is InChI=1S/C26H37N/c1-3-7-21(8-4-2)23-15-17-24(18-16-23)22-13-11-20(12-14-22)19-25-9-5-6-10-26(25)27/h5-6,9-14,21,23-24H,3-4,7-8,15-19,27H2,1-2H3. The fraction of sp³-hybridized carbons (Fsp3) is 0.538. The third-order valence-corrected chi connectivity index (χ3v) is 6.66. The fourth-order valence-electron chi connectivity index (χ4n) is 5.10. The quantitative estimate of drug-likeness (QED) is 0.487. The van der Waals surface area contributed by atoms with Crippen LogP contribution in [0.1, 0.15) is 87.8 Å². The van der Waals surface area contributed by atoms with Gasteiger partial charge in [0, 0.05) is 5.69 Å². The average Bonchev–Trinajstić information content (AvgIpc) is 2.70. The molecular weight excluding hydrogens is 326 g/mol. The van der Waals surface area contributed by atoms with Crippen molar-refractivity contribution in [2.75, 3.05) is 5.73 Å². The molecule has 0 amide bonds. The summed E-state index contributed by atoms with van der Waals surface area (Å²) in [6.45, 7) is 4.69. The van der Waals surface area contributed by atoms with Crippen LogP contribution in [0, 0.1) is 11.8 Å². The Hall–Kier alpha value is -1.76. The summed E-state index contributed by atoms with van der Waals surface area (Å²) in [6.07, 6.45) is 12.1. The van der Waals surface area contributed by atoms with Gasteiger partial charge in [-0.25, -0.2) is 0 Å². The van der Waals surface area contributed by atoms with Crippen molar-refractivity contribution in [3.05, 3.63) is 65.2 Å². The first-order chi connectivity index (χ1) is 13.2. The largest absolute Gasteiger partial charge is 0.398 e. The number of nitrogen functional groups attached to an aromatic ring is 1. The number of benzene rings is 2. The molecular formula is C26H37N. The Morgan fingerprint density at radius 1 is 0.852 bits per heavy atom. The van der Waals surface area contributed by atoms with Crippen molar-refractivity contribution in [1.82, 2.24) is 0 Å². The van der Waals surface area contributed by atoms with Gasteiger partial charge in [0.05, 0.1) is 0 Å². The molecule has 0 heterocycles. The van der Waals surface area contributed by atoms with Crippen LogP contribution >= 0.6 is 0 Å². The molecule has 27 heavy (non-hydrogen) atoms. The summed E-state index contributed by atoms with van der Waals surface area (Å²) in [4.78, 5) is 0.